The van der Waals surface area contributed by atoms with Gasteiger partial charge in [-0.15, -0.1) is 0 Å². The number of ketones is 2. The fraction of sp³-hybridized carbons (Fsp3) is 0.750. The molecule has 2 aliphatic rings. The fourth-order valence-electron chi connectivity index (χ4n) is 3.15. The first-order valence-electron chi connectivity index (χ1n) is 5.82. The highest BCUT2D eigenvalue weighted by atomic mass is 16.2. The number of hydrogen-bond donors (Lipinski definition) is 0. The highest BCUT2D eigenvalue weighted by Crippen LogP contribution is 2.39. The molecule has 0 radical (unpaired) electrons. The Hall–Kier alpha value is -1.19. The molecule has 0 unspecified atom stereocenters. The molecule has 0 aromatic rings. The van der Waals surface area contributed by atoms with Crippen LogP contribution in [0.15, 0.2) is 0 Å². The molecule has 0 N–H and O–H groups in total. The molecule has 0 aromatic heterocycles. The number of rotatable bonds is 3. The number of hydrogen-bond acceptors (Lipinski definition) is 3. The smallest absolute Gasteiger partial charge is 0.227 e. The van der Waals surface area contributed by atoms with E-state index in [0.29, 0.717) is 0 Å². The minimum atomic E-state index is -0.389. The van der Waals surface area contributed by atoms with E-state index in [-0.39, 0.29) is 41.8 Å². The van der Waals surface area contributed by atoms with Crippen LogP contribution in [0.5, 0.6) is 0 Å². The van der Waals surface area contributed by atoms with E-state index in [1.807, 2.05) is 0 Å². The second kappa shape index (κ2) is 4.00. The van der Waals surface area contributed by atoms with Gasteiger partial charge in [0.1, 0.15) is 11.6 Å². The Morgan fingerprint density at radius 1 is 1.38 bits per heavy atom. The molecule has 88 valence electrons. The van der Waals surface area contributed by atoms with Gasteiger partial charge >= 0.3 is 0 Å². The molecule has 3 atom stereocenters. The Balaban J connectivity index is 2.25. The van der Waals surface area contributed by atoms with Crippen molar-refractivity contribution in [1.29, 1.82) is 0 Å². The predicted octanol–water partition coefficient (Wildman–Crippen LogP) is 0.791. The average molecular weight is 223 g/mol. The van der Waals surface area contributed by atoms with Crippen molar-refractivity contribution in [2.75, 3.05) is 6.54 Å². The van der Waals surface area contributed by atoms with Gasteiger partial charge in [-0.3, -0.25) is 9.59 Å². The van der Waals surface area contributed by atoms with Crippen LogP contribution in [0.1, 0.15) is 33.1 Å². The Morgan fingerprint density at radius 2 is 2.06 bits per heavy atom. The molecule has 2 rings (SSSR count). The lowest BCUT2D eigenvalue weighted by Gasteiger charge is -2.18. The highest BCUT2D eigenvalue weighted by molar-refractivity contribution is 5.95. The third-order valence-electron chi connectivity index (χ3n) is 3.72. The maximum atomic E-state index is 12.1. The van der Waals surface area contributed by atoms with Gasteiger partial charge in [-0.25, -0.2) is 0 Å². The zero-order valence-electron chi connectivity index (χ0n) is 9.73. The van der Waals surface area contributed by atoms with Crippen molar-refractivity contribution in [1.82, 2.24) is 4.90 Å². The van der Waals surface area contributed by atoms with E-state index in [4.69, 9.17) is 0 Å². The molecule has 2 aliphatic heterocycles. The number of amides is 1. The first kappa shape index (κ1) is 11.3. The van der Waals surface area contributed by atoms with Crippen molar-refractivity contribution in [3.63, 3.8) is 0 Å². The topological polar surface area (TPSA) is 54.5 Å². The summed E-state index contributed by atoms with van der Waals surface area (Å²) in [6.45, 7) is 3.77. The minimum absolute atomic E-state index is 0.00854. The molecule has 0 bridgehead atoms. The first-order valence-corrected chi connectivity index (χ1v) is 5.82. The summed E-state index contributed by atoms with van der Waals surface area (Å²) in [7, 11) is 0. The summed E-state index contributed by atoms with van der Waals surface area (Å²) in [5.74, 6) is -0.586. The van der Waals surface area contributed by atoms with Crippen LogP contribution in [0.4, 0.5) is 0 Å². The van der Waals surface area contributed by atoms with Crippen LogP contribution in [0.3, 0.4) is 0 Å². The summed E-state index contributed by atoms with van der Waals surface area (Å²) >= 11 is 0. The van der Waals surface area contributed by atoms with Crippen molar-refractivity contribution in [3.8, 4) is 0 Å². The van der Waals surface area contributed by atoms with Crippen molar-refractivity contribution in [2.45, 2.75) is 39.2 Å². The van der Waals surface area contributed by atoms with Crippen LogP contribution in [-0.4, -0.2) is 35.0 Å². The van der Waals surface area contributed by atoms with Gasteiger partial charge in [-0.05, 0) is 26.7 Å². The van der Waals surface area contributed by atoms with Gasteiger partial charge in [0.2, 0.25) is 5.91 Å². The second-order valence-corrected chi connectivity index (χ2v) is 4.89. The minimum Gasteiger partial charge on any atom is -0.339 e. The number of nitrogens with zero attached hydrogens (tertiary/aromatic N) is 1. The third-order valence-corrected chi connectivity index (χ3v) is 3.72. The molecule has 2 heterocycles. The summed E-state index contributed by atoms with van der Waals surface area (Å²) in [6.07, 6.45) is 2.10. The fourth-order valence-corrected chi connectivity index (χ4v) is 3.15. The zero-order valence-corrected chi connectivity index (χ0v) is 9.73. The number of fused-ring (bicyclic) bond motifs is 1. The Kier molecular flexibility index (Phi) is 2.82. The van der Waals surface area contributed by atoms with Gasteiger partial charge < -0.3 is 9.69 Å². The zero-order chi connectivity index (χ0) is 11.9. The van der Waals surface area contributed by atoms with Crippen molar-refractivity contribution < 1.29 is 14.4 Å². The number of carbonyl (C=O) groups excluding carboxylic acids is 3. The molecular weight excluding hydrogens is 206 g/mol. The quantitative estimate of drug-likeness (QED) is 0.711. The highest BCUT2D eigenvalue weighted by Gasteiger charge is 2.51. The SMILES string of the molecule is CC(=O)C[C@@H]1C(=O)N2CCC[C@H]2[C@@H]1C(C)=O. The molecule has 2 saturated heterocycles. The molecule has 4 heteroatoms. The summed E-state index contributed by atoms with van der Waals surface area (Å²) < 4.78 is 0. The lowest BCUT2D eigenvalue weighted by molar-refractivity contribution is -0.134. The van der Waals surface area contributed by atoms with Crippen molar-refractivity contribution in [2.24, 2.45) is 11.8 Å². The average Bonchev–Trinajstić information content (AvgIpc) is 2.70. The van der Waals surface area contributed by atoms with E-state index in [2.05, 4.69) is 0 Å². The normalized spacial score (nSPS) is 33.0. The molecular formula is C12H17NO3. The monoisotopic (exact) mass is 223 g/mol. The van der Waals surface area contributed by atoms with Gasteiger partial charge in [-0.1, -0.05) is 0 Å². The molecule has 1 amide bonds. The van der Waals surface area contributed by atoms with Crippen LogP contribution in [-0.2, 0) is 14.4 Å². The molecule has 0 aliphatic carbocycles. The standard InChI is InChI=1S/C12H17NO3/c1-7(14)6-9-11(8(2)15)10-4-3-5-13(10)12(9)16/h9-11H,3-6H2,1-2H3/t9-,10-,11+/m0/s1. The van der Waals surface area contributed by atoms with Crippen LogP contribution in [0, 0.1) is 11.8 Å². The first-order chi connectivity index (χ1) is 7.52. The summed E-state index contributed by atoms with van der Waals surface area (Å²) in [4.78, 5) is 36.7. The van der Waals surface area contributed by atoms with E-state index in [1.165, 1.54) is 13.8 Å². The van der Waals surface area contributed by atoms with Gasteiger partial charge in [-0.2, -0.15) is 0 Å². The lowest BCUT2D eigenvalue weighted by atomic mass is 9.83. The Labute approximate surface area is 95.0 Å². The predicted molar refractivity (Wildman–Crippen MR) is 57.7 cm³/mol. The van der Waals surface area contributed by atoms with E-state index >= 15 is 0 Å². The molecule has 0 spiro atoms. The van der Waals surface area contributed by atoms with Crippen molar-refractivity contribution in [3.05, 3.63) is 0 Å². The summed E-state index contributed by atoms with van der Waals surface area (Å²) in [5, 5.41) is 0. The van der Waals surface area contributed by atoms with E-state index in [1.54, 1.807) is 4.90 Å². The van der Waals surface area contributed by atoms with Crippen LogP contribution >= 0.6 is 0 Å². The lowest BCUT2D eigenvalue weighted by Crippen LogP contribution is -2.30. The summed E-state index contributed by atoms with van der Waals surface area (Å²) in [5.41, 5.74) is 0. The maximum absolute atomic E-state index is 12.1. The van der Waals surface area contributed by atoms with Crippen molar-refractivity contribution >= 4 is 17.5 Å². The number of Topliss-reactive ketones (excluding diaryl/α,β-unsaturated/α-hetero) is 2. The van der Waals surface area contributed by atoms with Crippen LogP contribution < -0.4 is 0 Å². The molecule has 0 aromatic carbocycles. The second-order valence-electron chi connectivity index (χ2n) is 4.89. The van der Waals surface area contributed by atoms with Gasteiger partial charge in [0.25, 0.3) is 0 Å². The molecule has 2 fully saturated rings. The van der Waals surface area contributed by atoms with E-state index in [9.17, 15) is 14.4 Å². The largest absolute Gasteiger partial charge is 0.339 e. The number of carbonyl (C=O) groups is 3. The maximum Gasteiger partial charge on any atom is 0.227 e. The molecule has 0 saturated carbocycles. The Morgan fingerprint density at radius 3 is 2.62 bits per heavy atom. The Bertz CT molecular complexity index is 350. The molecule has 16 heavy (non-hydrogen) atoms. The summed E-state index contributed by atoms with van der Waals surface area (Å²) in [6, 6.07) is 0.0642. The van der Waals surface area contributed by atoms with Crippen LogP contribution in [0.2, 0.25) is 0 Å². The van der Waals surface area contributed by atoms with Crippen LogP contribution in [0.25, 0.3) is 0 Å². The van der Waals surface area contributed by atoms with Gasteiger partial charge in [0.05, 0.1) is 5.92 Å². The van der Waals surface area contributed by atoms with Gasteiger partial charge in [0.15, 0.2) is 0 Å². The third kappa shape index (κ3) is 1.66. The molecule has 4 nitrogen and oxygen atoms in total. The van der Waals surface area contributed by atoms with E-state index < -0.39 is 0 Å². The van der Waals surface area contributed by atoms with E-state index in [0.717, 1.165) is 19.4 Å². The van der Waals surface area contributed by atoms with Gasteiger partial charge in [0, 0.05) is 24.9 Å².